The van der Waals surface area contributed by atoms with Gasteiger partial charge in [-0.15, -0.1) is 11.6 Å². The number of rotatable bonds is 4. The summed E-state index contributed by atoms with van der Waals surface area (Å²) in [5.74, 6) is 0.150. The van der Waals surface area contributed by atoms with Crippen molar-refractivity contribution in [2.24, 2.45) is 0 Å². The summed E-state index contributed by atoms with van der Waals surface area (Å²) in [6, 6.07) is 9.23. The lowest BCUT2D eigenvalue weighted by Gasteiger charge is -2.08. The Morgan fingerprint density at radius 3 is 2.33 bits per heavy atom. The lowest BCUT2D eigenvalue weighted by Crippen LogP contribution is -1.93. The second kappa shape index (κ2) is 5.36. The molecule has 96 valence electrons. The van der Waals surface area contributed by atoms with Crippen molar-refractivity contribution in [2.75, 3.05) is 0 Å². The molecule has 0 saturated carbocycles. The number of hydrogen-bond donors (Lipinski definition) is 2. The van der Waals surface area contributed by atoms with E-state index in [0.29, 0.717) is 5.56 Å². The van der Waals surface area contributed by atoms with Gasteiger partial charge in [-0.2, -0.15) is 0 Å². The van der Waals surface area contributed by atoms with Crippen molar-refractivity contribution in [3.8, 4) is 17.4 Å². The number of aromatic nitrogens is 1. The first kappa shape index (κ1) is 12.8. The predicted octanol–water partition coefficient (Wildman–Crippen LogP) is 3.58. The van der Waals surface area contributed by atoms with Crippen LogP contribution in [0.1, 0.15) is 24.5 Å². The molecule has 0 spiro atoms. The topological polar surface area (TPSA) is 45.4 Å². The monoisotopic (exact) mass is 265 g/mol. The van der Waals surface area contributed by atoms with Gasteiger partial charge in [-0.3, -0.25) is 4.57 Å². The zero-order chi connectivity index (χ0) is 13.1. The van der Waals surface area contributed by atoms with Crippen molar-refractivity contribution < 1.29 is 10.2 Å². The van der Waals surface area contributed by atoms with Crippen LogP contribution >= 0.6 is 11.6 Å². The van der Waals surface area contributed by atoms with Gasteiger partial charge in [-0.05, 0) is 24.1 Å². The fourth-order valence-electron chi connectivity index (χ4n) is 1.99. The van der Waals surface area contributed by atoms with Crippen LogP contribution in [0.25, 0.3) is 5.69 Å². The number of aryl methyl sites for hydroxylation is 1. The highest BCUT2D eigenvalue weighted by molar-refractivity contribution is 6.17. The molecule has 2 aromatic rings. The predicted molar refractivity (Wildman–Crippen MR) is 72.7 cm³/mol. The van der Waals surface area contributed by atoms with Crippen LogP contribution in [0.5, 0.6) is 11.8 Å². The highest BCUT2D eigenvalue weighted by atomic mass is 35.5. The Bertz CT molecular complexity index is 531. The molecule has 0 bridgehead atoms. The minimum atomic E-state index is -0.00857. The van der Waals surface area contributed by atoms with Crippen molar-refractivity contribution in [2.45, 2.75) is 25.6 Å². The molecule has 1 heterocycles. The van der Waals surface area contributed by atoms with Crippen LogP contribution in [0, 0.1) is 0 Å². The van der Waals surface area contributed by atoms with E-state index in [1.54, 1.807) is 0 Å². The van der Waals surface area contributed by atoms with Crippen LogP contribution in [0.2, 0.25) is 0 Å². The van der Waals surface area contributed by atoms with Crippen molar-refractivity contribution in [1.82, 2.24) is 4.57 Å². The van der Waals surface area contributed by atoms with Crippen LogP contribution < -0.4 is 0 Å². The first-order valence-corrected chi connectivity index (χ1v) is 6.48. The van der Waals surface area contributed by atoms with Gasteiger partial charge < -0.3 is 10.2 Å². The number of aromatic hydroxyl groups is 2. The first-order valence-electron chi connectivity index (χ1n) is 5.95. The molecule has 1 aromatic heterocycles. The lowest BCUT2D eigenvalue weighted by atomic mass is 10.1. The molecule has 0 aliphatic carbocycles. The second-order valence-electron chi connectivity index (χ2n) is 4.24. The van der Waals surface area contributed by atoms with E-state index in [1.165, 1.54) is 16.2 Å². The molecule has 0 aliphatic rings. The zero-order valence-electron chi connectivity index (χ0n) is 10.2. The normalized spacial score (nSPS) is 10.8. The maximum Gasteiger partial charge on any atom is 0.203 e. The summed E-state index contributed by atoms with van der Waals surface area (Å²) in [6.45, 7) is 2.13. The SMILES string of the molecule is CCCc1ccc(-n2c(O)cc(CCl)c2O)cc1. The van der Waals surface area contributed by atoms with E-state index in [0.717, 1.165) is 18.5 Å². The summed E-state index contributed by atoms with van der Waals surface area (Å²) in [5.41, 5.74) is 2.48. The molecule has 3 nitrogen and oxygen atoms in total. The summed E-state index contributed by atoms with van der Waals surface area (Å²) in [5, 5.41) is 19.8. The molecule has 0 aliphatic heterocycles. The third-order valence-corrected chi connectivity index (χ3v) is 3.20. The molecular formula is C14H16ClNO2. The summed E-state index contributed by atoms with van der Waals surface area (Å²) in [7, 11) is 0. The van der Waals surface area contributed by atoms with Gasteiger partial charge in [0.25, 0.3) is 0 Å². The molecule has 1 aromatic carbocycles. The quantitative estimate of drug-likeness (QED) is 0.830. The van der Waals surface area contributed by atoms with Crippen LogP contribution in [0.4, 0.5) is 0 Å². The van der Waals surface area contributed by atoms with Crippen molar-refractivity contribution >= 4 is 11.6 Å². The highest BCUT2D eigenvalue weighted by Gasteiger charge is 2.14. The molecule has 0 atom stereocenters. The maximum absolute atomic E-state index is 9.95. The number of alkyl halides is 1. The summed E-state index contributed by atoms with van der Waals surface area (Å²) >= 11 is 5.69. The third-order valence-electron chi connectivity index (χ3n) is 2.91. The Balaban J connectivity index is 2.39. The molecule has 4 heteroatoms. The van der Waals surface area contributed by atoms with E-state index in [1.807, 2.05) is 24.3 Å². The molecule has 0 radical (unpaired) electrons. The van der Waals surface area contributed by atoms with Crippen molar-refractivity contribution in [3.05, 3.63) is 41.5 Å². The highest BCUT2D eigenvalue weighted by Crippen LogP contribution is 2.32. The fourth-order valence-corrected chi connectivity index (χ4v) is 2.19. The molecule has 18 heavy (non-hydrogen) atoms. The lowest BCUT2D eigenvalue weighted by molar-refractivity contribution is 0.401. The van der Waals surface area contributed by atoms with Crippen molar-refractivity contribution in [3.63, 3.8) is 0 Å². The second-order valence-corrected chi connectivity index (χ2v) is 4.50. The van der Waals surface area contributed by atoms with Gasteiger partial charge in [-0.1, -0.05) is 25.5 Å². The Kier molecular flexibility index (Phi) is 3.82. The average Bonchev–Trinajstić information content (AvgIpc) is 2.66. The smallest absolute Gasteiger partial charge is 0.203 e. The van der Waals surface area contributed by atoms with E-state index in [4.69, 9.17) is 11.6 Å². The largest absolute Gasteiger partial charge is 0.494 e. The number of hydrogen-bond acceptors (Lipinski definition) is 2. The van der Waals surface area contributed by atoms with Gasteiger partial charge >= 0.3 is 0 Å². The molecule has 2 N–H and O–H groups in total. The molecule has 0 saturated heterocycles. The minimum absolute atomic E-state index is 0.00797. The molecule has 0 unspecified atom stereocenters. The molecule has 2 rings (SSSR count). The van der Waals surface area contributed by atoms with Crippen LogP contribution in [0.15, 0.2) is 30.3 Å². The van der Waals surface area contributed by atoms with E-state index >= 15 is 0 Å². The Labute approximate surface area is 111 Å². The van der Waals surface area contributed by atoms with Gasteiger partial charge in [-0.25, -0.2) is 0 Å². The Morgan fingerprint density at radius 1 is 1.17 bits per heavy atom. The van der Waals surface area contributed by atoms with Gasteiger partial charge in [0.15, 0.2) is 5.88 Å². The van der Waals surface area contributed by atoms with Crippen LogP contribution in [-0.2, 0) is 12.3 Å². The summed E-state index contributed by atoms with van der Waals surface area (Å²) < 4.78 is 1.38. The van der Waals surface area contributed by atoms with E-state index in [2.05, 4.69) is 6.92 Å². The van der Waals surface area contributed by atoms with Crippen molar-refractivity contribution in [1.29, 1.82) is 0 Å². The molecular weight excluding hydrogens is 250 g/mol. The molecule has 0 fully saturated rings. The average molecular weight is 266 g/mol. The van der Waals surface area contributed by atoms with Gasteiger partial charge in [0.05, 0.1) is 11.6 Å². The fraction of sp³-hybridized carbons (Fsp3) is 0.286. The summed E-state index contributed by atoms with van der Waals surface area (Å²) in [4.78, 5) is 0. The third kappa shape index (κ3) is 2.31. The number of benzene rings is 1. The number of halogens is 1. The van der Waals surface area contributed by atoms with Gasteiger partial charge in [0.2, 0.25) is 5.88 Å². The zero-order valence-corrected chi connectivity index (χ0v) is 11.0. The van der Waals surface area contributed by atoms with Crippen LogP contribution in [0.3, 0.4) is 0 Å². The van der Waals surface area contributed by atoms with E-state index < -0.39 is 0 Å². The first-order chi connectivity index (χ1) is 8.67. The molecule has 0 amide bonds. The standard InChI is InChI=1S/C14H16ClNO2/c1-2-3-10-4-6-12(7-5-10)16-13(17)8-11(9-15)14(16)18/h4-8,17-18H,2-3,9H2,1H3. The van der Waals surface area contributed by atoms with E-state index in [9.17, 15) is 10.2 Å². The van der Waals surface area contributed by atoms with Gasteiger partial charge in [0, 0.05) is 11.6 Å². The van der Waals surface area contributed by atoms with E-state index in [-0.39, 0.29) is 17.6 Å². The Hall–Kier alpha value is -1.61. The minimum Gasteiger partial charge on any atom is -0.494 e. The van der Waals surface area contributed by atoms with Gasteiger partial charge in [0.1, 0.15) is 0 Å². The number of nitrogens with zero attached hydrogens (tertiary/aromatic N) is 1. The maximum atomic E-state index is 9.95. The summed E-state index contributed by atoms with van der Waals surface area (Å²) in [6.07, 6.45) is 2.12. The Morgan fingerprint density at radius 2 is 1.83 bits per heavy atom. The van der Waals surface area contributed by atoms with Crippen LogP contribution in [-0.4, -0.2) is 14.8 Å².